The third kappa shape index (κ3) is 2.70. The van der Waals surface area contributed by atoms with E-state index in [-0.39, 0.29) is 5.56 Å². The van der Waals surface area contributed by atoms with E-state index >= 15 is 0 Å². The van der Waals surface area contributed by atoms with Gasteiger partial charge in [0.05, 0.1) is 5.56 Å². The Kier molecular flexibility index (Phi) is 4.13. The van der Waals surface area contributed by atoms with Crippen molar-refractivity contribution in [3.8, 4) is 0 Å². The number of Topliss-reactive ketones (excluding diaryl/α,β-unsaturated/α-hetero) is 1. The van der Waals surface area contributed by atoms with E-state index in [1.807, 2.05) is 6.92 Å². The van der Waals surface area contributed by atoms with Gasteiger partial charge in [0.1, 0.15) is 0 Å². The van der Waals surface area contributed by atoms with Crippen molar-refractivity contribution in [2.45, 2.75) is 32.4 Å². The maximum Gasteiger partial charge on any atom is 0.417 e. The largest absolute Gasteiger partial charge is 0.417 e. The van der Waals surface area contributed by atoms with Gasteiger partial charge >= 0.3 is 6.18 Å². The van der Waals surface area contributed by atoms with Gasteiger partial charge in [0.25, 0.3) is 0 Å². The minimum atomic E-state index is -4.53. The van der Waals surface area contributed by atoms with Crippen molar-refractivity contribution in [1.29, 1.82) is 0 Å². The summed E-state index contributed by atoms with van der Waals surface area (Å²) in [5, 5.41) is 3.13. The van der Waals surface area contributed by atoms with E-state index in [2.05, 4.69) is 10.3 Å². The fourth-order valence-corrected chi connectivity index (χ4v) is 2.75. The van der Waals surface area contributed by atoms with Gasteiger partial charge in [-0.3, -0.25) is 9.78 Å². The number of nitrogens with zero attached hydrogens (tertiary/aromatic N) is 1. The highest BCUT2D eigenvalue weighted by molar-refractivity contribution is 6.01. The van der Waals surface area contributed by atoms with E-state index in [4.69, 9.17) is 0 Å². The molecule has 2 heterocycles. The number of piperidine rings is 1. The van der Waals surface area contributed by atoms with Gasteiger partial charge in [-0.2, -0.15) is 13.2 Å². The molecule has 1 saturated heterocycles. The van der Waals surface area contributed by atoms with Crippen LogP contribution in [0.4, 0.5) is 13.2 Å². The summed E-state index contributed by atoms with van der Waals surface area (Å²) in [6.07, 6.45) is -0.746. The van der Waals surface area contributed by atoms with Crippen molar-refractivity contribution in [1.82, 2.24) is 10.3 Å². The summed E-state index contributed by atoms with van der Waals surface area (Å²) in [6.45, 7) is 3.16. The molecule has 0 radical (unpaired) electrons. The zero-order valence-corrected chi connectivity index (χ0v) is 11.3. The average molecular weight is 286 g/mol. The Morgan fingerprint density at radius 1 is 1.40 bits per heavy atom. The minimum Gasteiger partial charge on any atom is -0.317 e. The second kappa shape index (κ2) is 5.52. The van der Waals surface area contributed by atoms with E-state index in [1.54, 1.807) is 0 Å². The number of hydrogen-bond acceptors (Lipinski definition) is 3. The molecule has 1 aliphatic heterocycles. The van der Waals surface area contributed by atoms with Gasteiger partial charge in [0.2, 0.25) is 0 Å². The molecular weight excluding hydrogens is 269 g/mol. The first kappa shape index (κ1) is 15.0. The molecule has 1 aliphatic rings. The van der Waals surface area contributed by atoms with Crippen LogP contribution in [-0.4, -0.2) is 23.9 Å². The molecule has 1 fully saturated rings. The quantitative estimate of drug-likeness (QED) is 0.868. The first-order valence-corrected chi connectivity index (χ1v) is 6.67. The van der Waals surface area contributed by atoms with Crippen LogP contribution in [-0.2, 0) is 6.18 Å². The molecule has 1 N–H and O–H groups in total. The molecule has 110 valence electrons. The van der Waals surface area contributed by atoms with Crippen molar-refractivity contribution in [2.24, 2.45) is 5.41 Å². The van der Waals surface area contributed by atoms with Gasteiger partial charge in [0, 0.05) is 23.4 Å². The Bertz CT molecular complexity index is 493. The van der Waals surface area contributed by atoms with Crippen molar-refractivity contribution in [2.75, 3.05) is 13.1 Å². The molecule has 0 unspecified atom stereocenters. The van der Waals surface area contributed by atoms with E-state index < -0.39 is 22.9 Å². The topological polar surface area (TPSA) is 42.0 Å². The molecule has 20 heavy (non-hydrogen) atoms. The van der Waals surface area contributed by atoms with Crippen LogP contribution >= 0.6 is 0 Å². The molecule has 0 amide bonds. The molecule has 0 spiro atoms. The van der Waals surface area contributed by atoms with Gasteiger partial charge in [-0.1, -0.05) is 6.92 Å². The third-order valence-electron chi connectivity index (χ3n) is 4.09. The highest BCUT2D eigenvalue weighted by Crippen LogP contribution is 2.39. The number of nitrogens with one attached hydrogen (secondary N) is 1. The molecule has 0 atom stereocenters. The Morgan fingerprint density at radius 3 is 2.60 bits per heavy atom. The summed E-state index contributed by atoms with van der Waals surface area (Å²) in [5.41, 5.74) is -1.89. The zero-order valence-electron chi connectivity index (χ0n) is 11.3. The molecule has 0 bridgehead atoms. The number of alkyl halides is 3. The number of rotatable bonds is 3. The molecular formula is C14H17F3N2O. The van der Waals surface area contributed by atoms with E-state index in [0.717, 1.165) is 18.5 Å². The van der Waals surface area contributed by atoms with Crippen LogP contribution in [0.1, 0.15) is 42.1 Å². The van der Waals surface area contributed by atoms with Crippen LogP contribution in [0.2, 0.25) is 0 Å². The maximum atomic E-state index is 13.0. The Morgan fingerprint density at radius 2 is 2.05 bits per heavy atom. The van der Waals surface area contributed by atoms with Crippen LogP contribution in [0.25, 0.3) is 0 Å². The summed E-state index contributed by atoms with van der Waals surface area (Å²) >= 11 is 0. The number of carbonyl (C=O) groups excluding carboxylic acids is 1. The standard InChI is InChI=1S/C14H17F3N2O/c1-2-13(4-7-18-8-5-13)12(20)10-9-19-6-3-11(10)14(15,16)17/h3,6,9,18H,2,4-5,7-8H2,1H3. The van der Waals surface area contributed by atoms with Gasteiger partial charge in [-0.15, -0.1) is 0 Å². The van der Waals surface area contributed by atoms with Crippen LogP contribution in [0.15, 0.2) is 18.5 Å². The van der Waals surface area contributed by atoms with Crippen molar-refractivity contribution >= 4 is 5.78 Å². The second-order valence-corrected chi connectivity index (χ2v) is 5.13. The smallest absolute Gasteiger partial charge is 0.317 e. The van der Waals surface area contributed by atoms with Crippen molar-refractivity contribution in [3.05, 3.63) is 29.6 Å². The predicted molar refractivity (Wildman–Crippen MR) is 68.4 cm³/mol. The molecule has 0 aromatic carbocycles. The van der Waals surface area contributed by atoms with E-state index in [9.17, 15) is 18.0 Å². The van der Waals surface area contributed by atoms with Crippen LogP contribution in [0, 0.1) is 5.41 Å². The number of carbonyl (C=O) groups is 1. The average Bonchev–Trinajstić information content (AvgIpc) is 2.46. The predicted octanol–water partition coefficient (Wildman–Crippen LogP) is 3.06. The molecule has 0 aliphatic carbocycles. The Balaban J connectivity index is 2.43. The Labute approximate surface area is 115 Å². The molecule has 0 saturated carbocycles. The zero-order chi connectivity index (χ0) is 14.8. The summed E-state index contributed by atoms with van der Waals surface area (Å²) in [4.78, 5) is 16.4. The van der Waals surface area contributed by atoms with Gasteiger partial charge in [-0.25, -0.2) is 0 Å². The first-order valence-electron chi connectivity index (χ1n) is 6.67. The summed E-state index contributed by atoms with van der Waals surface area (Å²) in [5.74, 6) is -0.429. The summed E-state index contributed by atoms with van der Waals surface area (Å²) in [7, 11) is 0. The fourth-order valence-electron chi connectivity index (χ4n) is 2.75. The number of pyridine rings is 1. The third-order valence-corrected chi connectivity index (χ3v) is 4.09. The lowest BCUT2D eigenvalue weighted by Gasteiger charge is -2.35. The molecule has 3 nitrogen and oxygen atoms in total. The van der Waals surface area contributed by atoms with Crippen LogP contribution in [0.5, 0.6) is 0 Å². The number of aromatic nitrogens is 1. The fraction of sp³-hybridized carbons (Fsp3) is 0.571. The van der Waals surface area contributed by atoms with Gasteiger partial charge in [0.15, 0.2) is 5.78 Å². The molecule has 1 aromatic rings. The van der Waals surface area contributed by atoms with Crippen molar-refractivity contribution < 1.29 is 18.0 Å². The highest BCUT2D eigenvalue weighted by Gasteiger charge is 2.43. The lowest BCUT2D eigenvalue weighted by atomic mass is 9.71. The van der Waals surface area contributed by atoms with Crippen molar-refractivity contribution in [3.63, 3.8) is 0 Å². The van der Waals surface area contributed by atoms with E-state index in [1.165, 1.54) is 0 Å². The highest BCUT2D eigenvalue weighted by atomic mass is 19.4. The molecule has 6 heteroatoms. The number of hydrogen-bond donors (Lipinski definition) is 1. The normalized spacial score (nSPS) is 18.8. The van der Waals surface area contributed by atoms with E-state index in [0.29, 0.717) is 32.4 Å². The summed E-state index contributed by atoms with van der Waals surface area (Å²) < 4.78 is 39.0. The lowest BCUT2D eigenvalue weighted by molar-refractivity contribution is -0.138. The van der Waals surface area contributed by atoms with Crippen LogP contribution in [0.3, 0.4) is 0 Å². The number of halogens is 3. The summed E-state index contributed by atoms with van der Waals surface area (Å²) in [6, 6.07) is 0.873. The minimum absolute atomic E-state index is 0.302. The maximum absolute atomic E-state index is 13.0. The van der Waals surface area contributed by atoms with Gasteiger partial charge < -0.3 is 5.32 Å². The SMILES string of the molecule is CCC1(C(=O)c2cnccc2C(F)(F)F)CCNCC1. The first-order chi connectivity index (χ1) is 9.41. The van der Waals surface area contributed by atoms with Crippen LogP contribution < -0.4 is 5.32 Å². The lowest BCUT2D eigenvalue weighted by Crippen LogP contribution is -2.42. The molecule has 2 rings (SSSR count). The monoisotopic (exact) mass is 286 g/mol. The van der Waals surface area contributed by atoms with Gasteiger partial charge in [-0.05, 0) is 38.4 Å². The number of ketones is 1. The second-order valence-electron chi connectivity index (χ2n) is 5.13. The molecule has 1 aromatic heterocycles. The Hall–Kier alpha value is -1.43.